The van der Waals surface area contributed by atoms with Crippen LogP contribution >= 0.6 is 11.3 Å². The van der Waals surface area contributed by atoms with Gasteiger partial charge in [-0.15, -0.1) is 11.3 Å². The van der Waals surface area contributed by atoms with E-state index < -0.39 is 5.91 Å². The fraction of sp³-hybridized carbons (Fsp3) is 0.115. The first kappa shape index (κ1) is 22.2. The normalized spacial score (nSPS) is 10.5. The summed E-state index contributed by atoms with van der Waals surface area (Å²) in [5.74, 6) is -0.213. The number of carbonyl (C=O) groups is 2. The van der Waals surface area contributed by atoms with Crippen LogP contribution in [0, 0.1) is 6.92 Å². The van der Waals surface area contributed by atoms with Crippen molar-refractivity contribution in [3.63, 3.8) is 0 Å². The molecule has 4 rings (SSSR count). The lowest BCUT2D eigenvalue weighted by molar-refractivity contribution is -0.129. The summed E-state index contributed by atoms with van der Waals surface area (Å²) in [5, 5.41) is 2.70. The lowest BCUT2D eigenvalue weighted by Gasteiger charge is -2.12. The number of ether oxygens (including phenoxy) is 1. The molecule has 0 atom stereocenters. The Balaban J connectivity index is 1.26. The van der Waals surface area contributed by atoms with Gasteiger partial charge in [-0.3, -0.25) is 20.4 Å². The number of thiazole rings is 1. The molecule has 3 aromatic carbocycles. The van der Waals surface area contributed by atoms with E-state index in [2.05, 4.69) is 15.8 Å². The minimum absolute atomic E-state index is 0.0698. The Morgan fingerprint density at radius 3 is 2.33 bits per heavy atom. The maximum absolute atomic E-state index is 12.2. The zero-order chi connectivity index (χ0) is 23.0. The number of hydrazine groups is 1. The highest BCUT2D eigenvalue weighted by molar-refractivity contribution is 7.13. The van der Waals surface area contributed by atoms with Gasteiger partial charge in [0.2, 0.25) is 5.91 Å². The Morgan fingerprint density at radius 2 is 1.55 bits per heavy atom. The average molecular weight is 458 g/mol. The molecule has 0 aliphatic carbocycles. The lowest BCUT2D eigenvalue weighted by Crippen LogP contribution is -2.44. The summed E-state index contributed by atoms with van der Waals surface area (Å²) in [4.78, 5) is 28.9. The predicted molar refractivity (Wildman–Crippen MR) is 130 cm³/mol. The van der Waals surface area contributed by atoms with Gasteiger partial charge < -0.3 is 4.74 Å². The zero-order valence-electron chi connectivity index (χ0n) is 18.1. The van der Waals surface area contributed by atoms with Crippen LogP contribution < -0.4 is 15.6 Å². The van der Waals surface area contributed by atoms with Crippen molar-refractivity contribution >= 4 is 23.2 Å². The molecule has 0 aliphatic rings. The summed E-state index contributed by atoms with van der Waals surface area (Å²) in [7, 11) is 0. The highest BCUT2D eigenvalue weighted by atomic mass is 32.1. The minimum Gasteiger partial charge on any atom is -0.483 e. The van der Waals surface area contributed by atoms with Crippen molar-refractivity contribution < 1.29 is 14.3 Å². The van der Waals surface area contributed by atoms with E-state index in [1.807, 2.05) is 91.2 Å². The van der Waals surface area contributed by atoms with E-state index in [0.29, 0.717) is 11.4 Å². The average Bonchev–Trinajstić information content (AvgIpc) is 3.31. The Hall–Kier alpha value is -3.97. The topological polar surface area (TPSA) is 80.3 Å². The molecule has 2 amide bonds. The van der Waals surface area contributed by atoms with E-state index in [1.165, 1.54) is 16.9 Å². The molecule has 1 heterocycles. The van der Waals surface area contributed by atoms with Gasteiger partial charge >= 0.3 is 0 Å². The van der Waals surface area contributed by atoms with Crippen molar-refractivity contribution in [1.82, 2.24) is 15.8 Å². The maximum atomic E-state index is 12.2. The number of para-hydroxylation sites is 1. The number of nitrogens with zero attached hydrogens (tertiary/aromatic N) is 1. The van der Waals surface area contributed by atoms with Gasteiger partial charge in [-0.05, 0) is 18.6 Å². The van der Waals surface area contributed by atoms with Crippen LogP contribution in [0.3, 0.4) is 0 Å². The molecule has 6 nitrogen and oxygen atoms in total. The number of rotatable bonds is 7. The van der Waals surface area contributed by atoms with Crippen molar-refractivity contribution in [2.45, 2.75) is 13.3 Å². The molecule has 4 aromatic rings. The van der Waals surface area contributed by atoms with E-state index in [0.717, 1.165) is 21.7 Å². The number of aryl methyl sites for hydroxylation is 1. The quantitative estimate of drug-likeness (QED) is 0.399. The maximum Gasteiger partial charge on any atom is 0.276 e. The van der Waals surface area contributed by atoms with E-state index in [9.17, 15) is 9.59 Å². The van der Waals surface area contributed by atoms with Gasteiger partial charge in [0.15, 0.2) is 6.61 Å². The third-order valence-corrected chi connectivity index (χ3v) is 5.80. The van der Waals surface area contributed by atoms with Gasteiger partial charge in [-0.1, -0.05) is 78.4 Å². The van der Waals surface area contributed by atoms with Crippen LogP contribution in [0.1, 0.15) is 11.3 Å². The first-order valence-electron chi connectivity index (χ1n) is 10.4. The molecule has 1 aromatic heterocycles. The molecule has 0 saturated carbocycles. The summed E-state index contributed by atoms with van der Waals surface area (Å²) in [6.07, 6.45) is 0.0698. The summed E-state index contributed by atoms with van der Waals surface area (Å²) < 4.78 is 5.69. The second-order valence-corrected chi connectivity index (χ2v) is 8.29. The van der Waals surface area contributed by atoms with Crippen molar-refractivity contribution in [3.05, 3.63) is 95.5 Å². The largest absolute Gasteiger partial charge is 0.483 e. The van der Waals surface area contributed by atoms with Crippen LogP contribution in [-0.2, 0) is 16.0 Å². The molecule has 166 valence electrons. The van der Waals surface area contributed by atoms with Crippen molar-refractivity contribution in [2.24, 2.45) is 0 Å². The molecular weight excluding hydrogens is 434 g/mol. The van der Waals surface area contributed by atoms with Crippen LogP contribution in [0.2, 0.25) is 0 Å². The van der Waals surface area contributed by atoms with Crippen LogP contribution in [0.25, 0.3) is 21.7 Å². The summed E-state index contributed by atoms with van der Waals surface area (Å²) in [6, 6.07) is 25.4. The number of aromatic nitrogens is 1. The first-order chi connectivity index (χ1) is 16.1. The van der Waals surface area contributed by atoms with E-state index in [1.54, 1.807) is 0 Å². The molecule has 7 heteroatoms. The standard InChI is InChI=1S/C26H23N3O3S/c1-18-11-13-20(14-12-18)26-27-21(17-33-26)15-24(30)28-29-25(31)16-32-23-10-6-5-9-22(23)19-7-3-2-4-8-19/h2-14,17H,15-16H2,1H3,(H,28,30)(H,29,31). The van der Waals surface area contributed by atoms with Gasteiger partial charge in [-0.2, -0.15) is 0 Å². The van der Waals surface area contributed by atoms with Gasteiger partial charge in [0.05, 0.1) is 12.1 Å². The van der Waals surface area contributed by atoms with Crippen molar-refractivity contribution in [3.8, 4) is 27.4 Å². The number of hydrogen-bond donors (Lipinski definition) is 2. The molecule has 0 radical (unpaired) electrons. The third-order valence-electron chi connectivity index (χ3n) is 4.86. The SMILES string of the molecule is Cc1ccc(-c2nc(CC(=O)NNC(=O)COc3ccccc3-c3ccccc3)cs2)cc1. The third kappa shape index (κ3) is 6.05. The molecule has 0 aliphatic heterocycles. The molecule has 33 heavy (non-hydrogen) atoms. The van der Waals surface area contributed by atoms with Crippen LogP contribution in [0.4, 0.5) is 0 Å². The molecule has 0 saturated heterocycles. The molecule has 0 unspecified atom stereocenters. The number of benzene rings is 3. The lowest BCUT2D eigenvalue weighted by atomic mass is 10.1. The van der Waals surface area contributed by atoms with Gasteiger partial charge in [0.25, 0.3) is 5.91 Å². The second kappa shape index (κ2) is 10.6. The Bertz CT molecular complexity index is 1240. The van der Waals surface area contributed by atoms with Crippen molar-refractivity contribution in [1.29, 1.82) is 0 Å². The predicted octanol–water partition coefficient (Wildman–Crippen LogP) is 4.55. The highest BCUT2D eigenvalue weighted by Crippen LogP contribution is 2.29. The monoisotopic (exact) mass is 457 g/mol. The van der Waals surface area contributed by atoms with Gasteiger partial charge in [-0.25, -0.2) is 4.98 Å². The fourth-order valence-electron chi connectivity index (χ4n) is 3.19. The minimum atomic E-state index is -0.454. The molecule has 2 N–H and O–H groups in total. The smallest absolute Gasteiger partial charge is 0.276 e. The number of carbonyl (C=O) groups excluding carboxylic acids is 2. The fourth-order valence-corrected chi connectivity index (χ4v) is 4.02. The molecule has 0 fully saturated rings. The number of amides is 2. The van der Waals surface area contributed by atoms with Crippen LogP contribution in [0.15, 0.2) is 84.2 Å². The zero-order valence-corrected chi connectivity index (χ0v) is 18.9. The van der Waals surface area contributed by atoms with E-state index in [-0.39, 0.29) is 18.9 Å². The van der Waals surface area contributed by atoms with Crippen molar-refractivity contribution in [2.75, 3.05) is 6.61 Å². The van der Waals surface area contributed by atoms with Crippen LogP contribution in [-0.4, -0.2) is 23.4 Å². The Labute approximate surface area is 196 Å². The summed E-state index contributed by atoms with van der Waals surface area (Å²) >= 11 is 1.48. The molecule has 0 bridgehead atoms. The molecular formula is C26H23N3O3S. The number of hydrogen-bond acceptors (Lipinski definition) is 5. The Morgan fingerprint density at radius 1 is 0.848 bits per heavy atom. The van der Waals surface area contributed by atoms with Gasteiger partial charge in [0.1, 0.15) is 10.8 Å². The number of nitrogens with one attached hydrogen (secondary N) is 2. The summed E-state index contributed by atoms with van der Waals surface area (Å²) in [6.45, 7) is 1.81. The summed E-state index contributed by atoms with van der Waals surface area (Å²) in [5.41, 5.74) is 9.53. The van der Waals surface area contributed by atoms with Crippen LogP contribution in [0.5, 0.6) is 5.75 Å². The van der Waals surface area contributed by atoms with Gasteiger partial charge in [0, 0.05) is 16.5 Å². The second-order valence-electron chi connectivity index (χ2n) is 7.43. The first-order valence-corrected chi connectivity index (χ1v) is 11.3. The van der Waals surface area contributed by atoms with E-state index in [4.69, 9.17) is 4.74 Å². The molecule has 0 spiro atoms. The van der Waals surface area contributed by atoms with E-state index >= 15 is 0 Å². The Kier molecular flexibility index (Phi) is 7.12. The highest BCUT2D eigenvalue weighted by Gasteiger charge is 2.12.